The van der Waals surface area contributed by atoms with Gasteiger partial charge < -0.3 is 49.0 Å². The number of phenolic OH excluding ortho intramolecular Hbond substituents is 1. The molecule has 2 bridgehead atoms. The largest absolute Gasteiger partial charge is 0.507 e. The fraction of sp³-hybridized carbons (Fsp3) is 0.475. The number of thiazole rings is 1. The number of likely N-dealkylation sites (tertiary alicyclic amines) is 2. The third-order valence-corrected chi connectivity index (χ3v) is 17.6. The highest BCUT2D eigenvalue weighted by Crippen LogP contribution is 2.40. The molecule has 7 aromatic rings. The van der Waals surface area contributed by atoms with Gasteiger partial charge in [0, 0.05) is 113 Å². The van der Waals surface area contributed by atoms with Crippen molar-refractivity contribution in [3.05, 3.63) is 114 Å². The van der Waals surface area contributed by atoms with Crippen LogP contribution in [0.5, 0.6) is 17.5 Å². The van der Waals surface area contributed by atoms with Gasteiger partial charge >= 0.3 is 0 Å². The van der Waals surface area contributed by atoms with Gasteiger partial charge in [0.2, 0.25) is 23.5 Å². The number of hydrogen-bond donors (Lipinski definition) is 3. The number of benzene rings is 2. The molecule has 1 aliphatic carbocycles. The number of piperidine rings is 1. The van der Waals surface area contributed by atoms with E-state index in [1.54, 1.807) is 23.5 Å². The Kier molecular flexibility index (Phi) is 15.0. The fourth-order valence-electron chi connectivity index (χ4n) is 12.4. The number of imidazole rings is 1. The van der Waals surface area contributed by atoms with Crippen molar-refractivity contribution in [2.75, 3.05) is 55.7 Å². The van der Waals surface area contributed by atoms with E-state index in [0.717, 1.165) is 97.9 Å². The first-order valence-corrected chi connectivity index (χ1v) is 28.8. The Morgan fingerprint density at radius 1 is 0.861 bits per heavy atom. The summed E-state index contributed by atoms with van der Waals surface area (Å²) in [4.78, 5) is 56.3. The molecule has 5 aliphatic rings. The number of fused-ring (bicyclic) bond motifs is 3. The molecule has 5 fully saturated rings. The van der Waals surface area contributed by atoms with Gasteiger partial charge in [0.15, 0.2) is 5.76 Å². The highest BCUT2D eigenvalue weighted by atomic mass is 32.1. The summed E-state index contributed by atoms with van der Waals surface area (Å²) in [6.45, 7) is 12.5. The van der Waals surface area contributed by atoms with Gasteiger partial charge in [-0.15, -0.1) is 11.3 Å². The van der Waals surface area contributed by atoms with E-state index in [2.05, 4.69) is 58.3 Å². The molecule has 79 heavy (non-hydrogen) atoms. The standard InChI is InChI=1S/C59H69N11O8S/c1-35(2)55(58(74)68-32-43(71)26-49(68)57(73)63-36(3)38-9-11-39(12-10-38)56-37(4)62-34-79-56)51-29-53(65-78-51)75-24-23-66-21-17-44(18-22-66)76-45-27-46(28-45)77-52-25-40(15-19-60-52)70-41-13-14-42(70)31-67(30-41)54-16-20-61-59-64-48(33-69(54)59)47-7-5-6-8-50(47)72/h5-12,15-16,19-20,25,29,33-36,41-46,49,55,71-72H,13-14,17-18,21-24,26-28,30-32H2,1-4H3,(H,63,73)/t36-,41+,42?,43+,45?,46?,49-,55+/m0/s1. The first kappa shape index (κ1) is 52.6. The molecule has 3 N–H and O–H groups in total. The molecular formula is C59H69N11O8S. The molecule has 1 saturated carbocycles. The van der Waals surface area contributed by atoms with Gasteiger partial charge in [-0.05, 0) is 86.0 Å². The van der Waals surface area contributed by atoms with E-state index in [0.29, 0.717) is 59.8 Å². The van der Waals surface area contributed by atoms with E-state index >= 15 is 0 Å². The van der Waals surface area contributed by atoms with Crippen molar-refractivity contribution >= 4 is 40.4 Å². The molecule has 19 nitrogen and oxygen atoms in total. The van der Waals surface area contributed by atoms with E-state index in [9.17, 15) is 19.8 Å². The van der Waals surface area contributed by atoms with Gasteiger partial charge in [-0.3, -0.25) is 18.9 Å². The Labute approximate surface area is 463 Å². The van der Waals surface area contributed by atoms with Crippen LogP contribution in [0.25, 0.3) is 27.5 Å². The number of phenols is 1. The number of pyridine rings is 1. The zero-order valence-corrected chi connectivity index (χ0v) is 46.0. The average molecular weight is 1090 g/mol. The molecule has 414 valence electrons. The number of β-amino-alcohol motifs (C(OH)–C–C–N with tert-alkyl or cyclic N) is 1. The molecule has 4 saturated heterocycles. The van der Waals surface area contributed by atoms with Crippen LogP contribution in [0.4, 0.5) is 11.5 Å². The minimum Gasteiger partial charge on any atom is -0.507 e. The van der Waals surface area contributed by atoms with E-state index in [1.165, 1.54) is 4.90 Å². The van der Waals surface area contributed by atoms with E-state index < -0.39 is 18.1 Å². The van der Waals surface area contributed by atoms with Crippen molar-refractivity contribution < 1.29 is 38.5 Å². The van der Waals surface area contributed by atoms with Crippen LogP contribution in [0.2, 0.25) is 0 Å². The number of nitrogens with zero attached hydrogens (tertiary/aromatic N) is 10. The summed E-state index contributed by atoms with van der Waals surface area (Å²) in [5, 5.41) is 28.5. The number of aliphatic hydroxyl groups is 1. The van der Waals surface area contributed by atoms with Crippen LogP contribution < -0.4 is 24.6 Å². The van der Waals surface area contributed by atoms with Gasteiger partial charge in [-0.1, -0.05) is 50.2 Å². The summed E-state index contributed by atoms with van der Waals surface area (Å²) in [7, 11) is 0. The number of para-hydroxylation sites is 1. The van der Waals surface area contributed by atoms with Gasteiger partial charge in [0.1, 0.15) is 36.2 Å². The molecule has 5 aromatic heterocycles. The maximum atomic E-state index is 14.3. The predicted octanol–water partition coefficient (Wildman–Crippen LogP) is 7.82. The Balaban J connectivity index is 0.569. The second-order valence-electron chi connectivity index (χ2n) is 22.3. The van der Waals surface area contributed by atoms with Gasteiger partial charge in [0.25, 0.3) is 5.88 Å². The first-order valence-electron chi connectivity index (χ1n) is 27.9. The molecule has 4 aliphatic heterocycles. The molecule has 12 rings (SSSR count). The Morgan fingerprint density at radius 2 is 1.63 bits per heavy atom. The lowest BCUT2D eigenvalue weighted by atomic mass is 9.91. The van der Waals surface area contributed by atoms with Crippen LogP contribution in [0, 0.1) is 12.8 Å². The van der Waals surface area contributed by atoms with E-state index in [4.69, 9.17) is 23.7 Å². The lowest BCUT2D eigenvalue weighted by Gasteiger charge is -2.43. The summed E-state index contributed by atoms with van der Waals surface area (Å²) in [6, 6.07) is 22.8. The van der Waals surface area contributed by atoms with E-state index in [1.807, 2.05) is 98.7 Å². The van der Waals surface area contributed by atoms with Crippen LogP contribution in [0.3, 0.4) is 0 Å². The molecule has 0 radical (unpaired) electrons. The SMILES string of the molecule is Cc1ncsc1-c1ccc([C@H](C)NC(=O)[C@@H]2C[C@@H](O)CN2C(=O)[C@@H](c2cc(OCCN3CCC(OC4CC(Oc5cc(N6C7CC[C@@H]6CN(c6ccnc8nc(-c9ccccc9O)cn68)C7)ccn5)C4)CC3)no2)C(C)C)cc1. The molecule has 1 unspecified atom stereocenters. The van der Waals surface area contributed by atoms with Crippen molar-refractivity contribution in [2.45, 2.75) is 127 Å². The summed E-state index contributed by atoms with van der Waals surface area (Å²) in [5.41, 5.74) is 7.34. The van der Waals surface area contributed by atoms with Gasteiger partial charge in [0.05, 0.1) is 46.1 Å². The minimum atomic E-state index is -0.828. The van der Waals surface area contributed by atoms with Gasteiger partial charge in [-0.2, -0.15) is 0 Å². The molecular weight excluding hydrogens is 1020 g/mol. The Bertz CT molecular complexity index is 3250. The zero-order chi connectivity index (χ0) is 54.3. The monoisotopic (exact) mass is 1090 g/mol. The second kappa shape index (κ2) is 22.5. The number of aryl methyl sites for hydroxylation is 1. The number of rotatable bonds is 18. The van der Waals surface area contributed by atoms with Crippen LogP contribution in [-0.4, -0.2) is 150 Å². The number of amides is 2. The molecule has 20 heteroatoms. The maximum absolute atomic E-state index is 14.3. The fourth-order valence-corrected chi connectivity index (χ4v) is 13.2. The number of nitrogens with one attached hydrogen (secondary N) is 1. The smallest absolute Gasteiger partial charge is 0.254 e. The van der Waals surface area contributed by atoms with Crippen LogP contribution >= 0.6 is 11.3 Å². The molecule has 6 atom stereocenters. The topological polar surface area (TPSA) is 209 Å². The third kappa shape index (κ3) is 11.1. The number of aromatic nitrogens is 6. The Morgan fingerprint density at radius 3 is 2.38 bits per heavy atom. The highest BCUT2D eigenvalue weighted by Gasteiger charge is 2.45. The molecule has 2 amide bonds. The van der Waals surface area contributed by atoms with E-state index in [-0.39, 0.29) is 60.8 Å². The number of piperazine rings is 1. The van der Waals surface area contributed by atoms with Crippen molar-refractivity contribution in [3.63, 3.8) is 0 Å². The maximum Gasteiger partial charge on any atom is 0.254 e. The second-order valence-corrected chi connectivity index (χ2v) is 23.2. The van der Waals surface area contributed by atoms with Crippen molar-refractivity contribution in [1.82, 2.24) is 44.6 Å². The number of hydrogen-bond acceptors (Lipinski definition) is 17. The highest BCUT2D eigenvalue weighted by molar-refractivity contribution is 7.13. The first-order chi connectivity index (χ1) is 38.4. The quantitative estimate of drug-likeness (QED) is 0.0748. The molecule has 2 aromatic carbocycles. The summed E-state index contributed by atoms with van der Waals surface area (Å²) < 4.78 is 26.9. The summed E-state index contributed by atoms with van der Waals surface area (Å²) in [5.74, 6) is 1.69. The normalized spacial score (nSPS) is 23.3. The molecule has 0 spiro atoms. The number of anilines is 2. The molecule has 9 heterocycles. The predicted molar refractivity (Wildman–Crippen MR) is 298 cm³/mol. The van der Waals surface area contributed by atoms with Crippen LogP contribution in [-0.2, 0) is 14.3 Å². The summed E-state index contributed by atoms with van der Waals surface area (Å²) >= 11 is 1.59. The zero-order valence-electron chi connectivity index (χ0n) is 45.1. The third-order valence-electron chi connectivity index (χ3n) is 16.7. The summed E-state index contributed by atoms with van der Waals surface area (Å²) in [6.07, 6.45) is 11.2. The van der Waals surface area contributed by atoms with Crippen molar-refractivity contribution in [2.24, 2.45) is 5.92 Å². The number of aromatic hydroxyl groups is 1. The lowest BCUT2D eigenvalue weighted by Crippen LogP contribution is -2.54. The van der Waals surface area contributed by atoms with Crippen LogP contribution in [0.15, 0.2) is 101 Å². The number of ether oxygens (including phenoxy) is 3. The van der Waals surface area contributed by atoms with Crippen molar-refractivity contribution in [1.29, 1.82) is 0 Å². The van der Waals surface area contributed by atoms with Crippen molar-refractivity contribution in [3.8, 4) is 39.2 Å². The average Bonchev–Trinajstić information content (AvgIpc) is 4.51. The number of carbonyl (C=O) groups excluding carboxylic acids is 2. The lowest BCUT2D eigenvalue weighted by molar-refractivity contribution is -0.141. The Hall–Kier alpha value is -7.13. The minimum absolute atomic E-state index is 0.0545. The van der Waals surface area contributed by atoms with Crippen LogP contribution in [0.1, 0.15) is 94.7 Å². The van der Waals surface area contributed by atoms with Gasteiger partial charge in [-0.25, -0.2) is 19.9 Å². The number of aliphatic hydroxyl groups excluding tert-OH is 1. The number of carbonyl (C=O) groups is 2.